The maximum absolute atomic E-state index is 13.6. The summed E-state index contributed by atoms with van der Waals surface area (Å²) in [5.41, 5.74) is -2.94. The second-order valence-electron chi connectivity index (χ2n) is 10.0. The molecule has 7 nitrogen and oxygen atoms in total. The molecule has 4 atom stereocenters. The Bertz CT molecular complexity index is 1270. The third-order valence-corrected chi connectivity index (χ3v) is 7.39. The van der Waals surface area contributed by atoms with Gasteiger partial charge in [0.2, 0.25) is 11.8 Å². The highest BCUT2D eigenvalue weighted by Gasteiger charge is 2.71. The van der Waals surface area contributed by atoms with Crippen LogP contribution in [0.4, 0.5) is 18.9 Å². The number of hydrogen-bond donors (Lipinski definition) is 0. The molecule has 0 spiro atoms. The summed E-state index contributed by atoms with van der Waals surface area (Å²) in [4.78, 5) is 30.2. The van der Waals surface area contributed by atoms with E-state index in [1.54, 1.807) is 21.0 Å². The third-order valence-electron chi connectivity index (χ3n) is 7.39. The van der Waals surface area contributed by atoms with E-state index >= 15 is 0 Å². The lowest BCUT2D eigenvalue weighted by Gasteiger charge is -2.45. The Morgan fingerprint density at radius 1 is 1.08 bits per heavy atom. The number of hydrogen-bond acceptors (Lipinski definition) is 6. The number of carbonyl (C=O) groups is 2. The molecule has 0 N–H and O–H groups in total. The Labute approximate surface area is 206 Å². The van der Waals surface area contributed by atoms with Gasteiger partial charge in [-0.25, -0.2) is 4.90 Å². The Morgan fingerprint density at radius 2 is 1.72 bits per heavy atom. The summed E-state index contributed by atoms with van der Waals surface area (Å²) in [7, 11) is 1.59. The minimum atomic E-state index is -4.80. The van der Waals surface area contributed by atoms with Gasteiger partial charge in [0.1, 0.15) is 5.75 Å². The molecule has 0 aromatic heterocycles. The van der Waals surface area contributed by atoms with E-state index in [0.717, 1.165) is 22.3 Å². The predicted octanol–water partition coefficient (Wildman–Crippen LogP) is 3.75. The molecule has 0 saturated carbocycles. The van der Waals surface area contributed by atoms with Crippen LogP contribution in [0.1, 0.15) is 30.5 Å². The first kappa shape index (κ1) is 24.3. The van der Waals surface area contributed by atoms with Crippen molar-refractivity contribution in [2.45, 2.75) is 37.8 Å². The highest BCUT2D eigenvalue weighted by atomic mass is 19.4. The van der Waals surface area contributed by atoms with Crippen molar-refractivity contribution in [1.82, 2.24) is 4.90 Å². The fourth-order valence-electron chi connectivity index (χ4n) is 6.16. The molecule has 0 radical (unpaired) electrons. The molecule has 3 aliphatic rings. The van der Waals surface area contributed by atoms with Crippen molar-refractivity contribution >= 4 is 17.5 Å². The van der Waals surface area contributed by atoms with Gasteiger partial charge in [0.25, 0.3) is 0 Å². The number of morpholine rings is 1. The molecule has 3 heterocycles. The number of amides is 2. The van der Waals surface area contributed by atoms with E-state index in [4.69, 9.17) is 14.7 Å². The second-order valence-corrected chi connectivity index (χ2v) is 10.0. The van der Waals surface area contributed by atoms with Crippen molar-refractivity contribution in [1.29, 1.82) is 5.26 Å². The minimum absolute atomic E-state index is 0.191. The first-order chi connectivity index (χ1) is 16.9. The summed E-state index contributed by atoms with van der Waals surface area (Å²) in [6.45, 7) is 4.86. The molecular weight excluding hydrogens is 475 g/mol. The quantitative estimate of drug-likeness (QED) is 0.596. The number of fused-ring (bicyclic) bond motifs is 5. The van der Waals surface area contributed by atoms with Gasteiger partial charge in [0, 0.05) is 19.6 Å². The highest BCUT2D eigenvalue weighted by molar-refractivity contribution is 6.23. The largest absolute Gasteiger partial charge is 0.497 e. The number of alkyl halides is 3. The van der Waals surface area contributed by atoms with Crippen molar-refractivity contribution < 1.29 is 32.2 Å². The van der Waals surface area contributed by atoms with E-state index in [1.165, 1.54) is 12.1 Å². The average molecular weight is 499 g/mol. The summed E-state index contributed by atoms with van der Waals surface area (Å²) in [6.07, 6.45) is -4.80. The number of imide groups is 1. The number of rotatable bonds is 4. The first-order valence-electron chi connectivity index (χ1n) is 11.4. The van der Waals surface area contributed by atoms with Gasteiger partial charge in [0.05, 0.1) is 53.0 Å². The van der Waals surface area contributed by atoms with Crippen LogP contribution >= 0.6 is 0 Å². The maximum Gasteiger partial charge on any atom is 0.417 e. The molecule has 3 aliphatic heterocycles. The van der Waals surface area contributed by atoms with Crippen LogP contribution in [0.3, 0.4) is 0 Å². The van der Waals surface area contributed by atoms with Gasteiger partial charge in [-0.05, 0) is 49.7 Å². The van der Waals surface area contributed by atoms with E-state index in [2.05, 4.69) is 4.90 Å². The molecule has 188 valence electrons. The lowest BCUT2D eigenvalue weighted by molar-refractivity contribution is -0.170. The summed E-state index contributed by atoms with van der Waals surface area (Å²) in [5, 5.41) is 9.08. The molecule has 3 saturated heterocycles. The fourth-order valence-corrected chi connectivity index (χ4v) is 6.16. The molecular formula is C26H24F3N3O4. The maximum atomic E-state index is 13.6. The van der Waals surface area contributed by atoms with E-state index in [1.807, 2.05) is 24.3 Å². The number of methoxy groups -OCH3 is 1. The van der Waals surface area contributed by atoms with Crippen LogP contribution in [-0.4, -0.2) is 48.1 Å². The molecule has 0 aliphatic carbocycles. The van der Waals surface area contributed by atoms with Crippen LogP contribution in [0, 0.1) is 23.2 Å². The average Bonchev–Trinajstić information content (AvgIpc) is 3.18. The fraction of sp³-hybridized carbons (Fsp3) is 0.423. The summed E-state index contributed by atoms with van der Waals surface area (Å²) < 4.78 is 52.2. The summed E-state index contributed by atoms with van der Waals surface area (Å²) in [6, 6.07) is 12.0. The molecule has 2 aromatic carbocycles. The number of benzene rings is 2. The first-order valence-corrected chi connectivity index (χ1v) is 11.4. The van der Waals surface area contributed by atoms with Gasteiger partial charge in [0.15, 0.2) is 0 Å². The minimum Gasteiger partial charge on any atom is -0.497 e. The van der Waals surface area contributed by atoms with Gasteiger partial charge in [-0.2, -0.15) is 18.4 Å². The van der Waals surface area contributed by atoms with Crippen LogP contribution in [0.25, 0.3) is 0 Å². The van der Waals surface area contributed by atoms with Crippen molar-refractivity contribution in [2.75, 3.05) is 25.1 Å². The Balaban J connectivity index is 1.47. The van der Waals surface area contributed by atoms with Crippen molar-refractivity contribution in [3.63, 3.8) is 0 Å². The van der Waals surface area contributed by atoms with E-state index in [0.29, 0.717) is 25.7 Å². The number of anilines is 1. The van der Waals surface area contributed by atoms with Crippen molar-refractivity contribution in [3.8, 4) is 11.8 Å². The summed E-state index contributed by atoms with van der Waals surface area (Å²) in [5.74, 6) is -2.13. The number of nitriles is 1. The number of carbonyl (C=O) groups excluding carboxylic acids is 2. The Kier molecular flexibility index (Phi) is 5.43. The van der Waals surface area contributed by atoms with Crippen LogP contribution < -0.4 is 9.64 Å². The van der Waals surface area contributed by atoms with Gasteiger partial charge >= 0.3 is 6.18 Å². The molecule has 0 unspecified atom stereocenters. The zero-order valence-corrected chi connectivity index (χ0v) is 19.9. The number of nitrogens with zero attached hydrogens (tertiary/aromatic N) is 3. The number of ether oxygens (including phenoxy) is 2. The van der Waals surface area contributed by atoms with E-state index < -0.39 is 52.2 Å². The van der Waals surface area contributed by atoms with Crippen LogP contribution in [0.5, 0.6) is 5.75 Å². The normalized spacial score (nSPS) is 29.9. The molecule has 3 fully saturated rings. The second kappa shape index (κ2) is 8.05. The smallest absolute Gasteiger partial charge is 0.417 e. The standard InChI is InChI=1S/C26H24F3N3O4/c1-24-13-31(12-15-5-4-6-18(9-15)35-3)14-25(2,36-24)21-20(24)22(33)32(23(21)34)17-8-7-16(11-30)19(10-17)26(27,28)29/h4-10,20-21H,12-14H2,1-3H3/t20-,21+,24+,25-. The zero-order valence-electron chi connectivity index (χ0n) is 19.9. The lowest BCUT2D eigenvalue weighted by atomic mass is 9.79. The van der Waals surface area contributed by atoms with Gasteiger partial charge in [-0.3, -0.25) is 14.5 Å². The van der Waals surface area contributed by atoms with Crippen LogP contribution in [0.2, 0.25) is 0 Å². The van der Waals surface area contributed by atoms with E-state index in [9.17, 15) is 22.8 Å². The molecule has 2 bridgehead atoms. The third kappa shape index (κ3) is 3.65. The monoisotopic (exact) mass is 499 g/mol. The zero-order chi connectivity index (χ0) is 26.0. The Hall–Kier alpha value is -3.42. The highest BCUT2D eigenvalue weighted by Crippen LogP contribution is 2.55. The topological polar surface area (TPSA) is 82.9 Å². The Morgan fingerprint density at radius 3 is 2.28 bits per heavy atom. The van der Waals surface area contributed by atoms with Crippen molar-refractivity contribution in [3.05, 3.63) is 59.2 Å². The van der Waals surface area contributed by atoms with Gasteiger partial charge in [-0.1, -0.05) is 12.1 Å². The molecule has 36 heavy (non-hydrogen) atoms. The van der Waals surface area contributed by atoms with Crippen LogP contribution in [0.15, 0.2) is 42.5 Å². The van der Waals surface area contributed by atoms with Gasteiger partial charge < -0.3 is 9.47 Å². The number of likely N-dealkylation sites (tertiary alicyclic amines) is 1. The van der Waals surface area contributed by atoms with Crippen molar-refractivity contribution in [2.24, 2.45) is 11.8 Å². The molecule has 2 aromatic rings. The van der Waals surface area contributed by atoms with E-state index in [-0.39, 0.29) is 5.69 Å². The number of halogens is 3. The lowest BCUT2D eigenvalue weighted by Crippen LogP contribution is -2.57. The predicted molar refractivity (Wildman–Crippen MR) is 122 cm³/mol. The molecule has 2 amide bonds. The summed E-state index contributed by atoms with van der Waals surface area (Å²) >= 11 is 0. The van der Waals surface area contributed by atoms with Gasteiger partial charge in [-0.15, -0.1) is 0 Å². The van der Waals surface area contributed by atoms with Crippen LogP contribution in [-0.2, 0) is 27.0 Å². The molecule has 5 rings (SSSR count). The molecule has 10 heteroatoms. The SMILES string of the molecule is COc1cccc(CN2C[C@@]3(C)O[C@@](C)(C2)[C@H]2C(=O)N(c4ccc(C#N)c(C(F)(F)F)c4)C(=O)[C@H]23)c1.